The van der Waals surface area contributed by atoms with Gasteiger partial charge in [-0.3, -0.25) is 0 Å². The molecule has 23 heavy (non-hydrogen) atoms. The van der Waals surface area contributed by atoms with E-state index in [1.54, 1.807) is 0 Å². The molecule has 4 fully saturated rings. The van der Waals surface area contributed by atoms with Gasteiger partial charge in [-0.05, 0) is 91.8 Å². The standard InChI is InChI=1S/C20H33NO2/c1-12-11-20(3)13(10-17(12)21-23)4-5-14-15-6-7-18(22)19(15,2)9-8-16(14)20/h12-16,18,22-23H,4-11H2,1-3H3/b21-17-/t12-,13-,14+,15+,16-,18+,19+,20+/m1/s1. The predicted octanol–water partition coefficient (Wildman–Crippen LogP) is 4.47. The first-order chi connectivity index (χ1) is 10.9. The molecule has 0 aromatic rings. The van der Waals surface area contributed by atoms with Crippen molar-refractivity contribution in [2.45, 2.75) is 78.2 Å². The molecular weight excluding hydrogens is 286 g/mol. The number of nitrogens with zero attached hydrogens (tertiary/aromatic N) is 1. The van der Waals surface area contributed by atoms with Crippen LogP contribution in [0, 0.1) is 40.4 Å². The largest absolute Gasteiger partial charge is 0.411 e. The molecule has 0 spiro atoms. The Morgan fingerprint density at radius 3 is 2.48 bits per heavy atom. The summed E-state index contributed by atoms with van der Waals surface area (Å²) >= 11 is 0. The van der Waals surface area contributed by atoms with E-state index in [2.05, 4.69) is 25.9 Å². The zero-order valence-electron chi connectivity index (χ0n) is 15.0. The lowest BCUT2D eigenvalue weighted by atomic mass is 9.44. The van der Waals surface area contributed by atoms with Crippen molar-refractivity contribution in [2.24, 2.45) is 45.6 Å². The molecule has 0 aromatic carbocycles. The van der Waals surface area contributed by atoms with Gasteiger partial charge in [0.05, 0.1) is 11.8 Å². The summed E-state index contributed by atoms with van der Waals surface area (Å²) in [6.07, 6.45) is 9.47. The molecule has 4 aliphatic rings. The van der Waals surface area contributed by atoms with Gasteiger partial charge in [0, 0.05) is 0 Å². The molecule has 8 atom stereocenters. The van der Waals surface area contributed by atoms with Crippen LogP contribution in [0.25, 0.3) is 0 Å². The second kappa shape index (κ2) is 5.21. The Morgan fingerprint density at radius 1 is 1.00 bits per heavy atom. The van der Waals surface area contributed by atoms with Gasteiger partial charge in [0.25, 0.3) is 0 Å². The highest BCUT2D eigenvalue weighted by atomic mass is 16.4. The van der Waals surface area contributed by atoms with Gasteiger partial charge < -0.3 is 10.3 Å². The Balaban J connectivity index is 1.63. The second-order valence-electron chi connectivity index (χ2n) is 9.70. The van der Waals surface area contributed by atoms with Crippen LogP contribution in [0.1, 0.15) is 72.1 Å². The average Bonchev–Trinajstić information content (AvgIpc) is 2.82. The van der Waals surface area contributed by atoms with Crippen LogP contribution in [-0.2, 0) is 0 Å². The van der Waals surface area contributed by atoms with Crippen LogP contribution in [0.2, 0.25) is 0 Å². The van der Waals surface area contributed by atoms with E-state index in [1.165, 1.54) is 38.5 Å². The molecule has 0 saturated heterocycles. The predicted molar refractivity (Wildman–Crippen MR) is 91.5 cm³/mol. The Kier molecular flexibility index (Phi) is 3.61. The van der Waals surface area contributed by atoms with Crippen LogP contribution in [0.15, 0.2) is 5.16 Å². The van der Waals surface area contributed by atoms with Gasteiger partial charge in [-0.25, -0.2) is 0 Å². The van der Waals surface area contributed by atoms with E-state index in [-0.39, 0.29) is 11.5 Å². The van der Waals surface area contributed by atoms with Gasteiger partial charge >= 0.3 is 0 Å². The summed E-state index contributed by atoms with van der Waals surface area (Å²) in [4.78, 5) is 0. The Hall–Kier alpha value is -0.570. The first-order valence-electron chi connectivity index (χ1n) is 9.79. The van der Waals surface area contributed by atoms with Gasteiger partial charge in [-0.1, -0.05) is 25.9 Å². The van der Waals surface area contributed by atoms with Crippen LogP contribution in [0.5, 0.6) is 0 Å². The first-order valence-corrected chi connectivity index (χ1v) is 9.79. The molecule has 0 heterocycles. The maximum Gasteiger partial charge on any atom is 0.0602 e. The normalized spacial score (nSPS) is 57.7. The summed E-state index contributed by atoms with van der Waals surface area (Å²) in [5.74, 6) is 3.47. The van der Waals surface area contributed by atoms with Crippen molar-refractivity contribution >= 4 is 5.71 Å². The Labute approximate surface area is 140 Å². The van der Waals surface area contributed by atoms with Crippen LogP contribution in [-0.4, -0.2) is 22.1 Å². The maximum atomic E-state index is 10.5. The van der Waals surface area contributed by atoms with E-state index in [0.717, 1.165) is 36.3 Å². The van der Waals surface area contributed by atoms with Crippen molar-refractivity contribution in [3.8, 4) is 0 Å². The number of hydrogen-bond acceptors (Lipinski definition) is 3. The number of hydrogen-bond donors (Lipinski definition) is 2. The highest BCUT2D eigenvalue weighted by molar-refractivity contribution is 5.87. The van der Waals surface area contributed by atoms with Crippen molar-refractivity contribution in [3.63, 3.8) is 0 Å². The second-order valence-corrected chi connectivity index (χ2v) is 9.70. The van der Waals surface area contributed by atoms with Crippen LogP contribution in [0.4, 0.5) is 0 Å². The molecule has 0 bridgehead atoms. The summed E-state index contributed by atoms with van der Waals surface area (Å²) in [6, 6.07) is 0. The summed E-state index contributed by atoms with van der Waals surface area (Å²) < 4.78 is 0. The summed E-state index contributed by atoms with van der Waals surface area (Å²) in [6.45, 7) is 7.14. The number of oxime groups is 1. The van der Waals surface area contributed by atoms with Crippen molar-refractivity contribution in [2.75, 3.05) is 0 Å². The third-order valence-electron chi connectivity index (χ3n) is 8.91. The van der Waals surface area contributed by atoms with E-state index in [1.807, 2.05) is 0 Å². The smallest absolute Gasteiger partial charge is 0.0602 e. The number of fused-ring (bicyclic) bond motifs is 5. The van der Waals surface area contributed by atoms with Gasteiger partial charge in [-0.15, -0.1) is 0 Å². The minimum atomic E-state index is -0.0719. The lowest BCUT2D eigenvalue weighted by molar-refractivity contribution is -0.116. The molecule has 2 N–H and O–H groups in total. The molecular formula is C20H33NO2. The fourth-order valence-electron chi connectivity index (χ4n) is 7.53. The molecule has 4 aliphatic carbocycles. The molecule has 3 nitrogen and oxygen atoms in total. The van der Waals surface area contributed by atoms with Crippen molar-refractivity contribution < 1.29 is 10.3 Å². The average molecular weight is 319 g/mol. The minimum absolute atomic E-state index is 0.0719. The number of rotatable bonds is 0. The van der Waals surface area contributed by atoms with E-state index in [9.17, 15) is 10.3 Å². The molecule has 0 amide bonds. The van der Waals surface area contributed by atoms with Gasteiger partial charge in [0.15, 0.2) is 0 Å². The third kappa shape index (κ3) is 2.08. The van der Waals surface area contributed by atoms with Crippen molar-refractivity contribution in [1.29, 1.82) is 0 Å². The fourth-order valence-corrected chi connectivity index (χ4v) is 7.53. The first kappa shape index (κ1) is 15.9. The Bertz CT molecular complexity index is 518. The molecule has 0 radical (unpaired) electrons. The lowest BCUT2D eigenvalue weighted by Gasteiger charge is -2.61. The lowest BCUT2D eigenvalue weighted by Crippen LogP contribution is -2.55. The molecule has 0 unspecified atom stereocenters. The molecule has 4 saturated carbocycles. The number of aliphatic hydroxyl groups is 1. The highest BCUT2D eigenvalue weighted by Gasteiger charge is 2.60. The minimum Gasteiger partial charge on any atom is -0.411 e. The summed E-state index contributed by atoms with van der Waals surface area (Å²) in [5, 5.41) is 23.5. The van der Waals surface area contributed by atoms with Crippen molar-refractivity contribution in [1.82, 2.24) is 0 Å². The van der Waals surface area contributed by atoms with E-state index >= 15 is 0 Å². The van der Waals surface area contributed by atoms with E-state index in [4.69, 9.17) is 0 Å². The van der Waals surface area contributed by atoms with Crippen LogP contribution < -0.4 is 0 Å². The van der Waals surface area contributed by atoms with Gasteiger partial charge in [0.1, 0.15) is 0 Å². The van der Waals surface area contributed by atoms with E-state index < -0.39 is 0 Å². The van der Waals surface area contributed by atoms with E-state index in [0.29, 0.717) is 17.3 Å². The summed E-state index contributed by atoms with van der Waals surface area (Å²) in [7, 11) is 0. The quantitative estimate of drug-likeness (QED) is 0.511. The number of aliphatic hydroxyl groups excluding tert-OH is 1. The SMILES string of the molecule is C[C@@H]1C[C@@]2(C)[C@H](CC[C@@H]3[C@H]2CC[C@]2(C)[C@@H](O)CC[C@@H]32)C/C1=N/O. The third-order valence-corrected chi connectivity index (χ3v) is 8.91. The van der Waals surface area contributed by atoms with Gasteiger partial charge in [-0.2, -0.15) is 0 Å². The molecule has 130 valence electrons. The zero-order chi connectivity index (χ0) is 16.4. The summed E-state index contributed by atoms with van der Waals surface area (Å²) in [5.41, 5.74) is 1.62. The zero-order valence-corrected chi connectivity index (χ0v) is 15.0. The molecule has 0 aliphatic heterocycles. The monoisotopic (exact) mass is 319 g/mol. The van der Waals surface area contributed by atoms with Crippen LogP contribution in [0.3, 0.4) is 0 Å². The van der Waals surface area contributed by atoms with Crippen LogP contribution >= 0.6 is 0 Å². The molecule has 4 rings (SSSR count). The van der Waals surface area contributed by atoms with Crippen molar-refractivity contribution in [3.05, 3.63) is 0 Å². The maximum absolute atomic E-state index is 10.5. The molecule has 0 aromatic heterocycles. The molecule has 3 heteroatoms. The van der Waals surface area contributed by atoms with Gasteiger partial charge in [0.2, 0.25) is 0 Å². The highest BCUT2D eigenvalue weighted by Crippen LogP contribution is 2.66. The topological polar surface area (TPSA) is 52.8 Å². The Morgan fingerprint density at radius 2 is 1.74 bits per heavy atom. The fraction of sp³-hybridized carbons (Fsp3) is 0.950.